The van der Waals surface area contributed by atoms with Gasteiger partial charge in [0.25, 0.3) is 5.91 Å². The Labute approximate surface area is 228 Å². The second kappa shape index (κ2) is 8.85. The minimum Gasteiger partial charge on any atom is -0.468 e. The van der Waals surface area contributed by atoms with Gasteiger partial charge in [-0.15, -0.1) is 0 Å². The maximum Gasteiger partial charge on any atom is 0.422 e. The van der Waals surface area contributed by atoms with Crippen molar-refractivity contribution in [1.82, 2.24) is 9.97 Å². The largest absolute Gasteiger partial charge is 0.468 e. The van der Waals surface area contributed by atoms with Crippen LogP contribution < -0.4 is 15.0 Å². The second-order valence-corrected chi connectivity index (χ2v) is 11.6. The van der Waals surface area contributed by atoms with Crippen molar-refractivity contribution in [3.05, 3.63) is 41.1 Å². The Morgan fingerprint density at radius 2 is 2.02 bits per heavy atom. The Morgan fingerprint density at radius 3 is 2.73 bits per heavy atom. The van der Waals surface area contributed by atoms with E-state index in [1.54, 1.807) is 13.0 Å². The predicted octanol–water partition coefficient (Wildman–Crippen LogP) is 2.75. The number of hydrogen-bond donors (Lipinski definition) is 2. The Morgan fingerprint density at radius 1 is 1.27 bits per heavy atom. The van der Waals surface area contributed by atoms with Gasteiger partial charge >= 0.3 is 12.1 Å². The summed E-state index contributed by atoms with van der Waals surface area (Å²) in [4.78, 5) is 37.7. The monoisotopic (exact) mass is 562 g/mol. The Hall–Kier alpha value is -3.29. The van der Waals surface area contributed by atoms with E-state index in [0.717, 1.165) is 5.56 Å². The van der Waals surface area contributed by atoms with Crippen molar-refractivity contribution in [3.63, 3.8) is 0 Å². The van der Waals surface area contributed by atoms with Crippen LogP contribution in [0.1, 0.15) is 48.4 Å². The van der Waals surface area contributed by atoms with E-state index in [1.807, 2.05) is 17.9 Å². The van der Waals surface area contributed by atoms with Crippen LogP contribution in [0.2, 0.25) is 0 Å². The molecule has 0 aromatic carbocycles. The highest BCUT2D eigenvalue weighted by Gasteiger charge is 2.89. The van der Waals surface area contributed by atoms with Crippen LogP contribution >= 0.6 is 0 Å². The lowest BCUT2D eigenvalue weighted by Gasteiger charge is -2.36. The molecule has 0 spiro atoms. The smallest absolute Gasteiger partial charge is 0.422 e. The molecule has 40 heavy (non-hydrogen) atoms. The van der Waals surface area contributed by atoms with Crippen LogP contribution in [0.5, 0.6) is 5.88 Å². The van der Waals surface area contributed by atoms with Crippen molar-refractivity contribution in [2.75, 3.05) is 36.6 Å². The average Bonchev–Trinajstić information content (AvgIpc) is 3.52. The zero-order valence-electron chi connectivity index (χ0n) is 22.5. The molecule has 6 rings (SSSR count). The predicted molar refractivity (Wildman–Crippen MR) is 136 cm³/mol. The lowest BCUT2D eigenvalue weighted by molar-refractivity contribution is -0.767. The first-order valence-corrected chi connectivity index (χ1v) is 13.2. The zero-order chi connectivity index (χ0) is 28.8. The van der Waals surface area contributed by atoms with Gasteiger partial charge in [0.2, 0.25) is 5.88 Å². The first-order chi connectivity index (χ1) is 18.7. The number of hydrogen-bond acceptors (Lipinski definition) is 8. The summed E-state index contributed by atoms with van der Waals surface area (Å²) in [5, 5.41) is 12.7. The molecule has 2 aromatic heterocycles. The fourth-order valence-corrected chi connectivity index (χ4v) is 6.87. The van der Waals surface area contributed by atoms with Crippen LogP contribution in [-0.4, -0.2) is 87.6 Å². The van der Waals surface area contributed by atoms with Crippen LogP contribution in [0.4, 0.5) is 24.8 Å². The first-order valence-electron chi connectivity index (χ1n) is 13.2. The number of fused-ring (bicyclic) bond motifs is 4. The molecule has 0 bridgehead atoms. The maximum atomic E-state index is 14.4. The lowest BCUT2D eigenvalue weighted by Crippen LogP contribution is -2.55. The Kier molecular flexibility index (Phi) is 5.96. The van der Waals surface area contributed by atoms with Crippen LogP contribution in [0.15, 0.2) is 24.3 Å². The van der Waals surface area contributed by atoms with E-state index in [9.17, 15) is 27.9 Å². The van der Waals surface area contributed by atoms with Crippen molar-refractivity contribution in [3.8, 4) is 5.88 Å². The van der Waals surface area contributed by atoms with E-state index in [4.69, 9.17) is 9.47 Å². The molecule has 10 nitrogen and oxygen atoms in total. The number of pyridine rings is 2. The molecule has 2 aromatic rings. The lowest BCUT2D eigenvalue weighted by atomic mass is 9.79. The van der Waals surface area contributed by atoms with Gasteiger partial charge in [0.1, 0.15) is 28.8 Å². The molecule has 2 amide bonds. The molecule has 13 heteroatoms. The van der Waals surface area contributed by atoms with E-state index in [1.165, 1.54) is 26.0 Å². The van der Waals surface area contributed by atoms with Crippen molar-refractivity contribution < 1.29 is 41.8 Å². The molecule has 214 valence electrons. The van der Waals surface area contributed by atoms with Crippen LogP contribution in [0.25, 0.3) is 0 Å². The van der Waals surface area contributed by atoms with Gasteiger partial charge in [-0.25, -0.2) is 14.3 Å². The number of anilines is 2. The van der Waals surface area contributed by atoms with Crippen molar-refractivity contribution >= 4 is 23.5 Å². The minimum atomic E-state index is -4.51. The second-order valence-electron chi connectivity index (χ2n) is 11.6. The number of carbonyl (C=O) groups is 2. The molecule has 6 atom stereocenters. The third kappa shape index (κ3) is 4.05. The fourth-order valence-electron chi connectivity index (χ4n) is 6.87. The van der Waals surface area contributed by atoms with Gasteiger partial charge in [-0.1, -0.05) is 0 Å². The van der Waals surface area contributed by atoms with Gasteiger partial charge in [0.05, 0.1) is 25.2 Å². The highest BCUT2D eigenvalue weighted by atomic mass is 19.4. The summed E-state index contributed by atoms with van der Waals surface area (Å²) in [7, 11) is 0. The molecule has 6 unspecified atom stereocenters. The summed E-state index contributed by atoms with van der Waals surface area (Å²) in [6, 6.07) is 6.01. The first kappa shape index (κ1) is 26.9. The van der Waals surface area contributed by atoms with Gasteiger partial charge in [-0.2, -0.15) is 18.2 Å². The summed E-state index contributed by atoms with van der Waals surface area (Å²) >= 11 is 0. The number of quaternary nitrogens is 1. The van der Waals surface area contributed by atoms with Gasteiger partial charge in [0, 0.05) is 23.9 Å². The van der Waals surface area contributed by atoms with Crippen LogP contribution in [0, 0.1) is 12.8 Å². The van der Waals surface area contributed by atoms with Crippen LogP contribution in [-0.2, 0) is 9.53 Å². The number of alkyl halides is 3. The standard InChI is InChI=1S/C27H30F3N5O5/c1-13-9-15(10-18(31-13)32-25(37)26(3,4)38)14(2)35-21-17-11-39-8-7-34(20(17)22(21)35)23-16(24(35)36)5-6-19(33-23)40-12-27(28,29)30/h5-6,9-10,14,17,20-22,38H,7-8,11-12H2,1-4H3/p+1. The summed E-state index contributed by atoms with van der Waals surface area (Å²) in [6.45, 7) is 6.39. The molecule has 3 fully saturated rings. The van der Waals surface area contributed by atoms with E-state index in [-0.39, 0.29) is 52.2 Å². The van der Waals surface area contributed by atoms with Gasteiger partial charge in [-0.05, 0) is 45.9 Å². The van der Waals surface area contributed by atoms with Crippen molar-refractivity contribution in [2.45, 2.75) is 63.6 Å². The van der Waals surface area contributed by atoms with Gasteiger partial charge < -0.3 is 24.8 Å². The number of carbonyl (C=O) groups excluding carboxylic acids is 2. The molecule has 0 radical (unpaired) electrons. The average molecular weight is 563 g/mol. The Bertz CT molecular complexity index is 1400. The van der Waals surface area contributed by atoms with Gasteiger partial charge in [0.15, 0.2) is 18.7 Å². The molecule has 1 saturated carbocycles. The van der Waals surface area contributed by atoms with E-state index in [0.29, 0.717) is 36.8 Å². The summed E-state index contributed by atoms with van der Waals surface area (Å²) < 4.78 is 49.4. The number of halogens is 3. The Balaban J connectivity index is 1.39. The molecule has 2 N–H and O–H groups in total. The number of nitrogens with zero attached hydrogens (tertiary/aromatic N) is 4. The summed E-state index contributed by atoms with van der Waals surface area (Å²) in [6.07, 6.45) is -4.51. The van der Waals surface area contributed by atoms with Crippen molar-refractivity contribution in [2.24, 2.45) is 5.92 Å². The number of aryl methyl sites for hydroxylation is 1. The minimum absolute atomic E-state index is 0.0188. The highest BCUT2D eigenvalue weighted by Crippen LogP contribution is 2.67. The van der Waals surface area contributed by atoms with Crippen LogP contribution in [0.3, 0.4) is 0 Å². The molecule has 3 aliphatic heterocycles. The molecular formula is C27H31F3N5O5+. The molecule has 1 aliphatic carbocycles. The van der Waals surface area contributed by atoms with Gasteiger partial charge in [-0.3, -0.25) is 4.79 Å². The summed E-state index contributed by atoms with van der Waals surface area (Å²) in [5.41, 5.74) is 0.168. The molecule has 5 heterocycles. The summed E-state index contributed by atoms with van der Waals surface area (Å²) in [5.74, 6) is -0.302. The van der Waals surface area contributed by atoms with Crippen molar-refractivity contribution in [1.29, 1.82) is 0 Å². The number of rotatable bonds is 6. The third-order valence-electron chi connectivity index (χ3n) is 8.60. The number of amides is 2. The van der Waals surface area contributed by atoms with E-state index < -0.39 is 24.3 Å². The molecule has 4 aliphatic rings. The molecule has 2 saturated heterocycles. The SMILES string of the molecule is Cc1cc(C(C)[N+]23C(=O)c4ccc(OCC(F)(F)F)nc4N4CCOCC5C4C2C53)cc(NC(=O)C(C)(C)O)n1. The number of nitrogens with one attached hydrogen (secondary N) is 1. The number of aromatic nitrogens is 2. The fraction of sp³-hybridized carbons (Fsp3) is 0.556. The maximum absolute atomic E-state index is 14.4. The molecular weight excluding hydrogens is 531 g/mol. The quantitative estimate of drug-likeness (QED) is 0.408. The normalized spacial score (nSPS) is 29.3. The topological polar surface area (TPSA) is 114 Å². The zero-order valence-corrected chi connectivity index (χ0v) is 22.5. The van der Waals surface area contributed by atoms with E-state index in [2.05, 4.69) is 15.3 Å². The number of aliphatic hydroxyl groups is 1. The highest BCUT2D eigenvalue weighted by molar-refractivity contribution is 5.98. The third-order valence-corrected chi connectivity index (χ3v) is 8.60. The van der Waals surface area contributed by atoms with E-state index >= 15 is 0 Å². The number of ether oxygens (including phenoxy) is 2.